The third kappa shape index (κ3) is 6.41. The number of hydrogen-bond acceptors (Lipinski definition) is 4. The zero-order valence-electron chi connectivity index (χ0n) is 20.0. The van der Waals surface area contributed by atoms with Gasteiger partial charge in [0, 0.05) is 24.9 Å². The number of nitrogens with one attached hydrogen (secondary N) is 2. The number of carbonyl (C=O) groups excluding carboxylic acids is 2. The number of aliphatic carboxylic acids is 1. The highest BCUT2D eigenvalue weighted by atomic mass is 16.5. The molecule has 2 amide bonds. The summed E-state index contributed by atoms with van der Waals surface area (Å²) in [7, 11) is 0. The second-order valence-electron chi connectivity index (χ2n) is 9.52. The Morgan fingerprint density at radius 3 is 2.11 bits per heavy atom. The molecule has 0 aromatic heterocycles. The maximum Gasteiger partial charge on any atom is 0.407 e. The summed E-state index contributed by atoms with van der Waals surface area (Å²) in [5.41, 5.74) is 4.78. The second-order valence-corrected chi connectivity index (χ2v) is 9.52. The number of unbranched alkanes of at least 4 members (excludes halogenated alkanes) is 2. The zero-order valence-corrected chi connectivity index (χ0v) is 20.0. The van der Waals surface area contributed by atoms with E-state index >= 15 is 0 Å². The van der Waals surface area contributed by atoms with Crippen LogP contribution in [-0.4, -0.2) is 42.3 Å². The Balaban J connectivity index is 1.09. The number of carboxylic acid groups (broad SMARTS) is 1. The number of carboxylic acids is 1. The fourth-order valence-electron chi connectivity index (χ4n) is 5.21. The number of fused-ring (bicyclic) bond motifs is 3. The molecule has 1 saturated carbocycles. The van der Waals surface area contributed by atoms with Crippen LogP contribution in [0.25, 0.3) is 11.1 Å². The molecule has 7 nitrogen and oxygen atoms in total. The van der Waals surface area contributed by atoms with Crippen LogP contribution in [0.5, 0.6) is 0 Å². The van der Waals surface area contributed by atoms with Crippen LogP contribution in [-0.2, 0) is 14.3 Å². The summed E-state index contributed by atoms with van der Waals surface area (Å²) in [6, 6.07) is 16.6. The molecule has 35 heavy (non-hydrogen) atoms. The molecule has 3 N–H and O–H groups in total. The van der Waals surface area contributed by atoms with Crippen molar-refractivity contribution >= 4 is 18.0 Å². The highest BCUT2D eigenvalue weighted by molar-refractivity contribution is 5.79. The van der Waals surface area contributed by atoms with E-state index < -0.39 is 12.1 Å². The molecule has 4 rings (SSSR count). The molecule has 0 unspecified atom stereocenters. The Labute approximate surface area is 206 Å². The Kier molecular flexibility index (Phi) is 8.40. The van der Waals surface area contributed by atoms with Gasteiger partial charge in [-0.05, 0) is 60.8 Å². The maximum atomic E-state index is 12.2. The third-order valence-corrected chi connectivity index (χ3v) is 7.14. The van der Waals surface area contributed by atoms with Gasteiger partial charge in [0.2, 0.25) is 5.91 Å². The van der Waals surface area contributed by atoms with E-state index in [1.807, 2.05) is 24.3 Å². The minimum Gasteiger partial charge on any atom is -0.481 e. The van der Waals surface area contributed by atoms with Crippen molar-refractivity contribution in [1.29, 1.82) is 0 Å². The number of benzene rings is 2. The average Bonchev–Trinajstić information content (AvgIpc) is 3.19. The van der Waals surface area contributed by atoms with Gasteiger partial charge in [0.25, 0.3) is 0 Å². The van der Waals surface area contributed by atoms with E-state index in [9.17, 15) is 14.4 Å². The molecule has 2 aromatic rings. The van der Waals surface area contributed by atoms with Crippen molar-refractivity contribution in [2.24, 2.45) is 5.92 Å². The number of rotatable bonds is 10. The van der Waals surface area contributed by atoms with E-state index in [2.05, 4.69) is 34.9 Å². The number of amides is 2. The quantitative estimate of drug-likeness (QED) is 0.424. The molecule has 0 aliphatic heterocycles. The molecule has 1 fully saturated rings. The number of hydrogen-bond donors (Lipinski definition) is 3. The van der Waals surface area contributed by atoms with E-state index in [0.29, 0.717) is 32.4 Å². The number of carbonyl (C=O) groups is 3. The van der Waals surface area contributed by atoms with Gasteiger partial charge in [0.05, 0.1) is 5.92 Å². The third-order valence-electron chi connectivity index (χ3n) is 7.14. The molecule has 186 valence electrons. The molecular weight excluding hydrogens is 444 g/mol. The molecular formula is C28H34N2O5. The lowest BCUT2D eigenvalue weighted by Gasteiger charge is -2.26. The SMILES string of the molecule is O=C(CCCCCNC(=O)OCC1c2ccccc2-c2ccccc21)NC1CCC(C(=O)O)CC1. The average molecular weight is 479 g/mol. The van der Waals surface area contributed by atoms with Crippen LogP contribution in [0.3, 0.4) is 0 Å². The smallest absolute Gasteiger partial charge is 0.407 e. The van der Waals surface area contributed by atoms with Gasteiger partial charge in [-0.1, -0.05) is 55.0 Å². The fourth-order valence-corrected chi connectivity index (χ4v) is 5.21. The Morgan fingerprint density at radius 2 is 1.49 bits per heavy atom. The second kappa shape index (κ2) is 11.9. The van der Waals surface area contributed by atoms with Gasteiger partial charge in [-0.15, -0.1) is 0 Å². The summed E-state index contributed by atoms with van der Waals surface area (Å²) in [5, 5.41) is 14.9. The summed E-state index contributed by atoms with van der Waals surface area (Å²) >= 11 is 0. The van der Waals surface area contributed by atoms with Crippen molar-refractivity contribution in [3.8, 4) is 11.1 Å². The lowest BCUT2D eigenvalue weighted by Crippen LogP contribution is -2.38. The van der Waals surface area contributed by atoms with Gasteiger partial charge < -0.3 is 20.5 Å². The molecule has 0 saturated heterocycles. The largest absolute Gasteiger partial charge is 0.481 e. The van der Waals surface area contributed by atoms with Crippen LogP contribution in [0.1, 0.15) is 68.4 Å². The van der Waals surface area contributed by atoms with Crippen molar-refractivity contribution in [2.75, 3.05) is 13.2 Å². The molecule has 0 bridgehead atoms. The van der Waals surface area contributed by atoms with E-state index in [1.54, 1.807) is 0 Å². The molecule has 0 heterocycles. The molecule has 0 spiro atoms. The van der Waals surface area contributed by atoms with Crippen molar-refractivity contribution in [2.45, 2.75) is 63.3 Å². The van der Waals surface area contributed by atoms with Crippen LogP contribution in [0, 0.1) is 5.92 Å². The van der Waals surface area contributed by atoms with Crippen molar-refractivity contribution in [3.05, 3.63) is 59.7 Å². The summed E-state index contributed by atoms with van der Waals surface area (Å²) in [4.78, 5) is 35.4. The first kappa shape index (κ1) is 24.8. The number of ether oxygens (including phenoxy) is 1. The molecule has 2 aromatic carbocycles. The summed E-state index contributed by atoms with van der Waals surface area (Å²) in [6.07, 6.45) is 5.11. The maximum absolute atomic E-state index is 12.2. The summed E-state index contributed by atoms with van der Waals surface area (Å²) in [5.74, 6) is -0.937. The van der Waals surface area contributed by atoms with Gasteiger partial charge in [0.1, 0.15) is 6.61 Å². The fraction of sp³-hybridized carbons (Fsp3) is 0.464. The highest BCUT2D eigenvalue weighted by Crippen LogP contribution is 2.44. The Hall–Kier alpha value is -3.35. The number of alkyl carbamates (subject to hydrolysis) is 1. The monoisotopic (exact) mass is 478 g/mol. The topological polar surface area (TPSA) is 105 Å². The lowest BCUT2D eigenvalue weighted by atomic mass is 9.86. The Bertz CT molecular complexity index is 1000. The first-order chi connectivity index (χ1) is 17.0. The summed E-state index contributed by atoms with van der Waals surface area (Å²) in [6.45, 7) is 0.811. The lowest BCUT2D eigenvalue weighted by molar-refractivity contribution is -0.142. The van der Waals surface area contributed by atoms with Crippen LogP contribution >= 0.6 is 0 Å². The first-order valence-electron chi connectivity index (χ1n) is 12.6. The van der Waals surface area contributed by atoms with E-state index in [0.717, 1.165) is 32.1 Å². The van der Waals surface area contributed by atoms with E-state index in [4.69, 9.17) is 9.84 Å². The Morgan fingerprint density at radius 1 is 0.857 bits per heavy atom. The van der Waals surface area contributed by atoms with Crippen LogP contribution < -0.4 is 10.6 Å². The molecule has 7 heteroatoms. The van der Waals surface area contributed by atoms with Crippen molar-refractivity contribution in [3.63, 3.8) is 0 Å². The van der Waals surface area contributed by atoms with Crippen LogP contribution in [0.4, 0.5) is 4.79 Å². The van der Waals surface area contributed by atoms with Crippen molar-refractivity contribution < 1.29 is 24.2 Å². The molecule has 0 atom stereocenters. The van der Waals surface area contributed by atoms with E-state index in [-0.39, 0.29) is 23.8 Å². The minimum atomic E-state index is -0.735. The van der Waals surface area contributed by atoms with E-state index in [1.165, 1.54) is 22.3 Å². The minimum absolute atomic E-state index is 0.0215. The predicted octanol–water partition coefficient (Wildman–Crippen LogP) is 4.85. The predicted molar refractivity (Wildman–Crippen MR) is 133 cm³/mol. The molecule has 0 radical (unpaired) electrons. The molecule has 2 aliphatic carbocycles. The van der Waals surface area contributed by atoms with Gasteiger partial charge in [-0.25, -0.2) is 4.79 Å². The molecule has 2 aliphatic rings. The summed E-state index contributed by atoms with van der Waals surface area (Å²) < 4.78 is 5.54. The normalized spacial score (nSPS) is 18.9. The van der Waals surface area contributed by atoms with Crippen LogP contribution in [0.15, 0.2) is 48.5 Å². The highest BCUT2D eigenvalue weighted by Gasteiger charge is 2.29. The van der Waals surface area contributed by atoms with Gasteiger partial charge in [-0.2, -0.15) is 0 Å². The van der Waals surface area contributed by atoms with Gasteiger partial charge >= 0.3 is 12.1 Å². The standard InChI is InChI=1S/C28H34N2O5/c31-26(30-20-15-13-19(14-16-20)27(32)33)12-2-1-7-17-29-28(34)35-18-25-23-10-5-3-8-21(23)22-9-4-6-11-24(22)25/h3-6,8-11,19-20,25H,1-2,7,12-18H2,(H,29,34)(H,30,31)(H,32,33). The zero-order chi connectivity index (χ0) is 24.6. The van der Waals surface area contributed by atoms with Crippen LogP contribution in [0.2, 0.25) is 0 Å². The van der Waals surface area contributed by atoms with Crippen molar-refractivity contribution in [1.82, 2.24) is 10.6 Å². The van der Waals surface area contributed by atoms with Gasteiger partial charge in [0.15, 0.2) is 0 Å². The first-order valence-corrected chi connectivity index (χ1v) is 12.6. The van der Waals surface area contributed by atoms with Gasteiger partial charge in [-0.3, -0.25) is 9.59 Å².